The van der Waals surface area contributed by atoms with Crippen molar-refractivity contribution < 1.29 is 0 Å². The van der Waals surface area contributed by atoms with E-state index in [0.29, 0.717) is 4.99 Å². The summed E-state index contributed by atoms with van der Waals surface area (Å²) in [7, 11) is 0. The molecule has 0 fully saturated rings. The van der Waals surface area contributed by atoms with Crippen LogP contribution in [0.3, 0.4) is 0 Å². The number of hydrogen-bond acceptors (Lipinski definition) is 1. The Bertz CT molecular complexity index is 491. The lowest BCUT2D eigenvalue weighted by Crippen LogP contribution is -2.11. The molecule has 0 aliphatic heterocycles. The summed E-state index contributed by atoms with van der Waals surface area (Å²) in [5.41, 5.74) is 8.80. The summed E-state index contributed by atoms with van der Waals surface area (Å²) in [5.74, 6) is 0. The molecule has 0 heterocycles. The molecule has 0 atom stereocenters. The average molecular weight is 226 g/mol. The van der Waals surface area contributed by atoms with Gasteiger partial charge in [-0.3, -0.25) is 0 Å². The maximum absolute atomic E-state index is 5.68. The van der Waals surface area contributed by atoms with Crippen LogP contribution >= 0.6 is 12.2 Å². The van der Waals surface area contributed by atoms with Gasteiger partial charge in [0.15, 0.2) is 0 Å². The highest BCUT2D eigenvalue weighted by atomic mass is 32.1. The molecule has 2 rings (SSSR count). The number of rotatable bonds is 3. The fourth-order valence-electron chi connectivity index (χ4n) is 1.58. The van der Waals surface area contributed by atoms with E-state index in [1.165, 1.54) is 0 Å². The SMILES string of the molecule is NC(=S)c1ccccc1[CH]c1ccccc1. The van der Waals surface area contributed by atoms with E-state index in [2.05, 4.69) is 18.6 Å². The van der Waals surface area contributed by atoms with E-state index in [1.54, 1.807) is 0 Å². The van der Waals surface area contributed by atoms with Crippen LogP contribution in [0.4, 0.5) is 0 Å². The summed E-state index contributed by atoms with van der Waals surface area (Å²) in [5, 5.41) is 0. The minimum atomic E-state index is 0.433. The van der Waals surface area contributed by atoms with E-state index >= 15 is 0 Å². The number of benzene rings is 2. The first-order valence-electron chi connectivity index (χ1n) is 5.06. The summed E-state index contributed by atoms with van der Waals surface area (Å²) in [4.78, 5) is 0.433. The van der Waals surface area contributed by atoms with Gasteiger partial charge >= 0.3 is 0 Å². The largest absolute Gasteiger partial charge is 0.389 e. The summed E-state index contributed by atoms with van der Waals surface area (Å²) >= 11 is 5.02. The lowest BCUT2D eigenvalue weighted by molar-refractivity contribution is 1.41. The van der Waals surface area contributed by atoms with Gasteiger partial charge in [0.2, 0.25) is 0 Å². The Balaban J connectivity index is 2.31. The van der Waals surface area contributed by atoms with Crippen molar-refractivity contribution in [3.05, 3.63) is 77.7 Å². The minimum Gasteiger partial charge on any atom is -0.389 e. The molecule has 1 radical (unpaired) electrons. The monoisotopic (exact) mass is 226 g/mol. The van der Waals surface area contributed by atoms with Crippen LogP contribution in [0.25, 0.3) is 0 Å². The summed E-state index contributed by atoms with van der Waals surface area (Å²) in [6.07, 6.45) is 2.08. The van der Waals surface area contributed by atoms with Crippen molar-refractivity contribution in [2.75, 3.05) is 0 Å². The van der Waals surface area contributed by atoms with E-state index < -0.39 is 0 Å². The molecule has 2 aromatic rings. The highest BCUT2D eigenvalue weighted by molar-refractivity contribution is 7.80. The molecule has 0 bridgehead atoms. The van der Waals surface area contributed by atoms with Gasteiger partial charge in [0.1, 0.15) is 4.99 Å². The molecule has 0 saturated heterocycles. The molecule has 0 spiro atoms. The molecule has 0 unspecified atom stereocenters. The summed E-state index contributed by atoms with van der Waals surface area (Å²) < 4.78 is 0. The van der Waals surface area contributed by atoms with Gasteiger partial charge in [-0.25, -0.2) is 0 Å². The molecule has 0 aliphatic carbocycles. The maximum Gasteiger partial charge on any atom is 0.104 e. The van der Waals surface area contributed by atoms with E-state index in [0.717, 1.165) is 16.7 Å². The van der Waals surface area contributed by atoms with Gasteiger partial charge < -0.3 is 5.73 Å². The van der Waals surface area contributed by atoms with E-state index in [1.807, 2.05) is 42.5 Å². The average Bonchev–Trinajstić information content (AvgIpc) is 2.31. The molecule has 2 aromatic carbocycles. The van der Waals surface area contributed by atoms with Crippen molar-refractivity contribution in [1.29, 1.82) is 0 Å². The van der Waals surface area contributed by atoms with E-state index in [-0.39, 0.29) is 0 Å². The molecular weight excluding hydrogens is 214 g/mol. The van der Waals surface area contributed by atoms with Gasteiger partial charge in [-0.15, -0.1) is 0 Å². The summed E-state index contributed by atoms with van der Waals surface area (Å²) in [6.45, 7) is 0. The zero-order valence-corrected chi connectivity index (χ0v) is 9.58. The zero-order chi connectivity index (χ0) is 11.4. The zero-order valence-electron chi connectivity index (χ0n) is 8.76. The lowest BCUT2D eigenvalue weighted by Gasteiger charge is -2.07. The third-order valence-corrected chi connectivity index (χ3v) is 2.57. The third kappa shape index (κ3) is 2.47. The fourth-order valence-corrected chi connectivity index (χ4v) is 1.76. The maximum atomic E-state index is 5.68. The van der Waals surface area contributed by atoms with Crippen molar-refractivity contribution in [3.8, 4) is 0 Å². The smallest absolute Gasteiger partial charge is 0.104 e. The first-order chi connectivity index (χ1) is 7.77. The van der Waals surface area contributed by atoms with Crippen molar-refractivity contribution in [3.63, 3.8) is 0 Å². The van der Waals surface area contributed by atoms with Crippen LogP contribution in [0, 0.1) is 6.42 Å². The minimum absolute atomic E-state index is 0.433. The van der Waals surface area contributed by atoms with Crippen LogP contribution in [0.15, 0.2) is 54.6 Å². The molecule has 2 heteroatoms. The molecule has 2 N–H and O–H groups in total. The predicted octanol–water partition coefficient (Wildman–Crippen LogP) is 2.92. The van der Waals surface area contributed by atoms with Gasteiger partial charge in [0.25, 0.3) is 0 Å². The highest BCUT2D eigenvalue weighted by Gasteiger charge is 2.04. The first-order valence-corrected chi connectivity index (χ1v) is 5.47. The van der Waals surface area contributed by atoms with Gasteiger partial charge in [-0.05, 0) is 11.1 Å². The lowest BCUT2D eigenvalue weighted by atomic mass is 10.00. The molecule has 0 saturated carbocycles. The molecule has 1 nitrogen and oxygen atoms in total. The number of nitrogens with two attached hydrogens (primary N) is 1. The van der Waals surface area contributed by atoms with Crippen LogP contribution in [0.1, 0.15) is 16.7 Å². The van der Waals surface area contributed by atoms with Gasteiger partial charge in [0, 0.05) is 12.0 Å². The van der Waals surface area contributed by atoms with Crippen molar-refractivity contribution >= 4 is 17.2 Å². The van der Waals surface area contributed by atoms with E-state index in [4.69, 9.17) is 18.0 Å². The molecule has 79 valence electrons. The Morgan fingerprint density at radius 3 is 2.25 bits per heavy atom. The second kappa shape index (κ2) is 4.90. The fraction of sp³-hybridized carbons (Fsp3) is 0. The number of hydrogen-bond donors (Lipinski definition) is 1. The van der Waals surface area contributed by atoms with E-state index in [9.17, 15) is 0 Å². The molecule has 16 heavy (non-hydrogen) atoms. The predicted molar refractivity (Wildman–Crippen MR) is 71.3 cm³/mol. The van der Waals surface area contributed by atoms with Crippen molar-refractivity contribution in [1.82, 2.24) is 0 Å². The number of thiocarbonyl (C=S) groups is 1. The first kappa shape index (κ1) is 10.8. The summed E-state index contributed by atoms with van der Waals surface area (Å²) in [6, 6.07) is 18.0. The van der Waals surface area contributed by atoms with Crippen LogP contribution in [-0.2, 0) is 0 Å². The Hall–Kier alpha value is -1.67. The third-order valence-electron chi connectivity index (χ3n) is 2.35. The topological polar surface area (TPSA) is 26.0 Å². The molecule has 0 aromatic heterocycles. The van der Waals surface area contributed by atoms with Gasteiger partial charge in [-0.1, -0.05) is 66.8 Å². The quantitative estimate of drug-likeness (QED) is 0.814. The van der Waals surface area contributed by atoms with Crippen molar-refractivity contribution in [2.45, 2.75) is 0 Å². The molecule has 0 amide bonds. The van der Waals surface area contributed by atoms with Crippen LogP contribution < -0.4 is 5.73 Å². The second-order valence-electron chi connectivity index (χ2n) is 3.51. The standard InChI is InChI=1S/C14H12NS/c15-14(16)13-9-5-4-8-12(13)10-11-6-2-1-3-7-11/h1-10H,(H2,15,16). The van der Waals surface area contributed by atoms with Crippen LogP contribution in [-0.4, -0.2) is 4.99 Å². The Morgan fingerprint density at radius 2 is 1.56 bits per heavy atom. The Kier molecular flexibility index (Phi) is 3.32. The van der Waals surface area contributed by atoms with Crippen LogP contribution in [0.2, 0.25) is 0 Å². The van der Waals surface area contributed by atoms with Gasteiger partial charge in [-0.2, -0.15) is 0 Å². The normalized spacial score (nSPS) is 10.0. The Labute approximate surface area is 101 Å². The highest BCUT2D eigenvalue weighted by Crippen LogP contribution is 2.16. The second-order valence-corrected chi connectivity index (χ2v) is 3.95. The molecular formula is C14H12NS. The van der Waals surface area contributed by atoms with Crippen molar-refractivity contribution in [2.24, 2.45) is 5.73 Å². The molecule has 0 aliphatic rings. The van der Waals surface area contributed by atoms with Crippen LogP contribution in [0.5, 0.6) is 0 Å². The Morgan fingerprint density at radius 1 is 0.938 bits per heavy atom. The van der Waals surface area contributed by atoms with Gasteiger partial charge in [0.05, 0.1) is 0 Å².